The van der Waals surface area contributed by atoms with Gasteiger partial charge in [-0.15, -0.1) is 0 Å². The van der Waals surface area contributed by atoms with Crippen LogP contribution < -0.4 is 5.32 Å². The van der Waals surface area contributed by atoms with E-state index in [1.807, 2.05) is 0 Å². The van der Waals surface area contributed by atoms with Gasteiger partial charge < -0.3 is 15.2 Å². The number of carbonyl (C=O) groups is 1. The number of methoxy groups -OCH3 is 1. The first kappa shape index (κ1) is 13.4. The quantitative estimate of drug-likeness (QED) is 0.580. The summed E-state index contributed by atoms with van der Waals surface area (Å²) in [6, 6.07) is 0. The molecule has 4 heteroatoms. The molecule has 4 nitrogen and oxygen atoms in total. The highest BCUT2D eigenvalue weighted by Crippen LogP contribution is 2.12. The third kappa shape index (κ3) is 5.94. The highest BCUT2D eigenvalue weighted by Gasteiger charge is 2.25. The maximum atomic E-state index is 10.7. The summed E-state index contributed by atoms with van der Waals surface area (Å²) in [4.78, 5) is 10.7. The minimum Gasteiger partial charge on any atom is -0.481 e. The number of nitrogens with one attached hydrogen (secondary N) is 1. The Kier molecular flexibility index (Phi) is 6.49. The van der Waals surface area contributed by atoms with Gasteiger partial charge in [-0.05, 0) is 33.2 Å². The average Bonchev–Trinajstić information content (AvgIpc) is 2.10. The van der Waals surface area contributed by atoms with E-state index in [-0.39, 0.29) is 0 Å². The lowest BCUT2D eigenvalue weighted by atomic mass is 9.94. The molecule has 0 aliphatic rings. The molecule has 0 unspecified atom stereocenters. The first-order chi connectivity index (χ1) is 6.50. The molecule has 0 aromatic carbocycles. The molecule has 0 spiro atoms. The van der Waals surface area contributed by atoms with Gasteiger partial charge in [-0.1, -0.05) is 0 Å². The Balaban J connectivity index is 3.40. The Morgan fingerprint density at radius 1 is 1.43 bits per heavy atom. The molecule has 14 heavy (non-hydrogen) atoms. The molecular weight excluding hydrogens is 182 g/mol. The van der Waals surface area contributed by atoms with Crippen molar-refractivity contribution in [2.24, 2.45) is 5.41 Å². The van der Waals surface area contributed by atoms with E-state index in [0.29, 0.717) is 6.54 Å². The second kappa shape index (κ2) is 6.79. The summed E-state index contributed by atoms with van der Waals surface area (Å²) in [5.41, 5.74) is -0.679. The fourth-order valence-electron chi connectivity index (χ4n) is 0.973. The van der Waals surface area contributed by atoms with Crippen LogP contribution in [-0.4, -0.2) is 37.9 Å². The van der Waals surface area contributed by atoms with E-state index in [1.54, 1.807) is 21.0 Å². The molecule has 0 radical (unpaired) electrons. The van der Waals surface area contributed by atoms with Crippen molar-refractivity contribution in [3.05, 3.63) is 0 Å². The standard InChI is InChI=1S/C10H21NO3/c1-10(2,9(12)13)8-11-6-4-5-7-14-3/h11H,4-8H2,1-3H3,(H,12,13). The summed E-state index contributed by atoms with van der Waals surface area (Å²) in [5.74, 6) is -0.762. The SMILES string of the molecule is COCCCCNCC(C)(C)C(=O)O. The molecule has 0 bridgehead atoms. The van der Waals surface area contributed by atoms with Crippen molar-refractivity contribution in [1.82, 2.24) is 5.32 Å². The summed E-state index contributed by atoms with van der Waals surface area (Å²) >= 11 is 0. The summed E-state index contributed by atoms with van der Waals surface area (Å²) in [5, 5.41) is 12.0. The number of rotatable bonds is 8. The van der Waals surface area contributed by atoms with Crippen LogP contribution in [0.2, 0.25) is 0 Å². The highest BCUT2D eigenvalue weighted by molar-refractivity contribution is 5.73. The van der Waals surface area contributed by atoms with Crippen LogP contribution in [0.4, 0.5) is 0 Å². The van der Waals surface area contributed by atoms with Gasteiger partial charge in [0.15, 0.2) is 0 Å². The van der Waals surface area contributed by atoms with Gasteiger partial charge in [-0.2, -0.15) is 0 Å². The molecule has 84 valence electrons. The van der Waals surface area contributed by atoms with Crippen molar-refractivity contribution in [3.63, 3.8) is 0 Å². The van der Waals surface area contributed by atoms with Crippen molar-refractivity contribution in [2.45, 2.75) is 26.7 Å². The normalized spacial score (nSPS) is 11.6. The van der Waals surface area contributed by atoms with Crippen LogP contribution in [0.1, 0.15) is 26.7 Å². The second-order valence-electron chi connectivity index (χ2n) is 4.07. The predicted octanol–water partition coefficient (Wildman–Crippen LogP) is 1.11. The van der Waals surface area contributed by atoms with Crippen molar-refractivity contribution in [3.8, 4) is 0 Å². The van der Waals surface area contributed by atoms with Crippen LogP contribution in [0, 0.1) is 5.41 Å². The maximum absolute atomic E-state index is 10.7. The molecule has 2 N–H and O–H groups in total. The number of ether oxygens (including phenoxy) is 1. The number of hydrogen-bond donors (Lipinski definition) is 2. The molecule has 0 fully saturated rings. The maximum Gasteiger partial charge on any atom is 0.310 e. The van der Waals surface area contributed by atoms with E-state index in [1.165, 1.54) is 0 Å². The van der Waals surface area contributed by atoms with Crippen molar-refractivity contribution in [1.29, 1.82) is 0 Å². The molecule has 0 aromatic rings. The van der Waals surface area contributed by atoms with Gasteiger partial charge in [0.25, 0.3) is 0 Å². The van der Waals surface area contributed by atoms with Crippen LogP contribution in [0.3, 0.4) is 0 Å². The van der Waals surface area contributed by atoms with E-state index in [4.69, 9.17) is 9.84 Å². The number of aliphatic carboxylic acids is 1. The Morgan fingerprint density at radius 3 is 2.57 bits per heavy atom. The Labute approximate surface area is 85.6 Å². The topological polar surface area (TPSA) is 58.6 Å². The monoisotopic (exact) mass is 203 g/mol. The summed E-state index contributed by atoms with van der Waals surface area (Å²) in [6.07, 6.45) is 2.03. The molecule has 0 saturated heterocycles. The van der Waals surface area contributed by atoms with Gasteiger partial charge in [-0.25, -0.2) is 0 Å². The zero-order valence-electron chi connectivity index (χ0n) is 9.30. The molecule has 0 saturated carbocycles. The summed E-state index contributed by atoms with van der Waals surface area (Å²) < 4.78 is 4.91. The fraction of sp³-hybridized carbons (Fsp3) is 0.900. The molecule has 0 atom stereocenters. The number of hydrogen-bond acceptors (Lipinski definition) is 3. The Hall–Kier alpha value is -0.610. The number of carboxylic acids is 1. The molecule has 0 aromatic heterocycles. The van der Waals surface area contributed by atoms with Crippen LogP contribution in [0.25, 0.3) is 0 Å². The van der Waals surface area contributed by atoms with Crippen LogP contribution in [0.15, 0.2) is 0 Å². The van der Waals surface area contributed by atoms with E-state index < -0.39 is 11.4 Å². The van der Waals surface area contributed by atoms with Crippen LogP contribution in [-0.2, 0) is 9.53 Å². The molecule has 0 aliphatic carbocycles. The van der Waals surface area contributed by atoms with Gasteiger partial charge in [0.1, 0.15) is 0 Å². The van der Waals surface area contributed by atoms with Gasteiger partial charge >= 0.3 is 5.97 Å². The third-order valence-electron chi connectivity index (χ3n) is 2.10. The van der Waals surface area contributed by atoms with Gasteiger partial charge in [0.05, 0.1) is 5.41 Å². The van der Waals surface area contributed by atoms with Crippen molar-refractivity contribution < 1.29 is 14.6 Å². The summed E-state index contributed by atoms with van der Waals surface area (Å²) in [7, 11) is 1.68. The lowest BCUT2D eigenvalue weighted by Gasteiger charge is -2.19. The lowest BCUT2D eigenvalue weighted by Crippen LogP contribution is -2.36. The largest absolute Gasteiger partial charge is 0.481 e. The average molecular weight is 203 g/mol. The van der Waals surface area contributed by atoms with E-state index in [0.717, 1.165) is 26.0 Å². The van der Waals surface area contributed by atoms with Crippen molar-refractivity contribution >= 4 is 5.97 Å². The number of unbranched alkanes of at least 4 members (excludes halogenated alkanes) is 1. The molecule has 0 heterocycles. The Morgan fingerprint density at radius 2 is 2.07 bits per heavy atom. The minimum atomic E-state index is -0.762. The van der Waals surface area contributed by atoms with Crippen LogP contribution >= 0.6 is 0 Å². The zero-order valence-corrected chi connectivity index (χ0v) is 9.30. The third-order valence-corrected chi connectivity index (χ3v) is 2.10. The molecule has 0 amide bonds. The lowest BCUT2D eigenvalue weighted by molar-refractivity contribution is -0.146. The first-order valence-electron chi connectivity index (χ1n) is 4.94. The zero-order chi connectivity index (χ0) is 11.0. The van der Waals surface area contributed by atoms with E-state index >= 15 is 0 Å². The highest BCUT2D eigenvalue weighted by atomic mass is 16.5. The molecular formula is C10H21NO3. The van der Waals surface area contributed by atoms with E-state index in [2.05, 4.69) is 5.32 Å². The van der Waals surface area contributed by atoms with Gasteiger partial charge in [-0.3, -0.25) is 4.79 Å². The second-order valence-corrected chi connectivity index (χ2v) is 4.07. The summed E-state index contributed by atoms with van der Waals surface area (Å²) in [6.45, 7) is 5.56. The van der Waals surface area contributed by atoms with Crippen LogP contribution in [0.5, 0.6) is 0 Å². The first-order valence-corrected chi connectivity index (χ1v) is 4.94. The predicted molar refractivity (Wildman–Crippen MR) is 55.4 cm³/mol. The fourth-order valence-corrected chi connectivity index (χ4v) is 0.973. The molecule has 0 rings (SSSR count). The minimum absolute atomic E-state index is 0.509. The molecule has 0 aliphatic heterocycles. The van der Waals surface area contributed by atoms with Gasteiger partial charge in [0.2, 0.25) is 0 Å². The number of carboxylic acid groups (broad SMARTS) is 1. The van der Waals surface area contributed by atoms with E-state index in [9.17, 15) is 4.79 Å². The Bertz CT molecular complexity index is 169. The van der Waals surface area contributed by atoms with Crippen molar-refractivity contribution in [2.75, 3.05) is 26.8 Å². The smallest absolute Gasteiger partial charge is 0.310 e. The van der Waals surface area contributed by atoms with Gasteiger partial charge in [0, 0.05) is 20.3 Å².